The molecular formula is C15H24N2O2. The van der Waals surface area contributed by atoms with E-state index in [0.29, 0.717) is 11.8 Å². The zero-order chi connectivity index (χ0) is 13.8. The third kappa shape index (κ3) is 3.61. The lowest BCUT2D eigenvalue weighted by Gasteiger charge is -2.36. The monoisotopic (exact) mass is 264 g/mol. The summed E-state index contributed by atoms with van der Waals surface area (Å²) in [6.45, 7) is 3.22. The number of ether oxygens (including phenoxy) is 1. The molecule has 1 aromatic rings. The van der Waals surface area contributed by atoms with Crippen LogP contribution in [0, 0.1) is 0 Å². The first-order chi connectivity index (χ1) is 9.10. The third-order valence-corrected chi connectivity index (χ3v) is 3.90. The van der Waals surface area contributed by atoms with Gasteiger partial charge >= 0.3 is 0 Å². The highest BCUT2D eigenvalue weighted by Gasteiger charge is 2.21. The number of hydrogen-bond donors (Lipinski definition) is 1. The summed E-state index contributed by atoms with van der Waals surface area (Å²) in [6.07, 6.45) is 2.53. The molecule has 0 aliphatic carbocycles. The van der Waals surface area contributed by atoms with Gasteiger partial charge in [0.1, 0.15) is 0 Å². The molecule has 0 aromatic heterocycles. The zero-order valence-electron chi connectivity index (χ0n) is 12.1. The first-order valence-corrected chi connectivity index (χ1v) is 6.85. The number of piperidine rings is 1. The lowest BCUT2D eigenvalue weighted by Crippen LogP contribution is -2.44. The predicted octanol–water partition coefficient (Wildman–Crippen LogP) is 1.93. The van der Waals surface area contributed by atoms with Crippen molar-refractivity contribution >= 4 is 0 Å². The maximum absolute atomic E-state index is 9.61. The largest absolute Gasteiger partial charge is 0.504 e. The summed E-state index contributed by atoms with van der Waals surface area (Å²) in [7, 11) is 5.94. The Bertz CT molecular complexity index is 423. The lowest BCUT2D eigenvalue weighted by atomic mass is 10.0. The molecule has 1 fully saturated rings. The van der Waals surface area contributed by atoms with Crippen LogP contribution in [0.25, 0.3) is 0 Å². The minimum atomic E-state index is 0.200. The molecule has 4 nitrogen and oxygen atoms in total. The standard InChI is InChI=1S/C15H24N2O2/c1-16-8-4-5-13(11-16)17(2)10-12-6-7-14(18)15(9-12)19-3/h6-7,9,13,18H,4-5,8,10-11H2,1-3H3. The molecule has 1 unspecified atom stereocenters. The molecule has 1 aliphatic rings. The van der Waals surface area contributed by atoms with Gasteiger partial charge < -0.3 is 14.7 Å². The van der Waals surface area contributed by atoms with Crippen LogP contribution in [0.3, 0.4) is 0 Å². The second-order valence-corrected chi connectivity index (χ2v) is 5.48. The van der Waals surface area contributed by atoms with Gasteiger partial charge in [-0.05, 0) is 51.2 Å². The molecule has 0 spiro atoms. The number of phenolic OH excluding ortho intramolecular Hbond substituents is 1. The fourth-order valence-corrected chi connectivity index (χ4v) is 2.74. The summed E-state index contributed by atoms with van der Waals surface area (Å²) in [5.74, 6) is 0.748. The van der Waals surface area contributed by atoms with Gasteiger partial charge in [0, 0.05) is 19.1 Å². The van der Waals surface area contributed by atoms with Crippen molar-refractivity contribution in [1.29, 1.82) is 0 Å². The number of aromatic hydroxyl groups is 1. The van der Waals surface area contributed by atoms with Crippen molar-refractivity contribution in [2.75, 3.05) is 34.3 Å². The van der Waals surface area contributed by atoms with Crippen molar-refractivity contribution in [3.05, 3.63) is 23.8 Å². The fourth-order valence-electron chi connectivity index (χ4n) is 2.74. The van der Waals surface area contributed by atoms with Gasteiger partial charge in [-0.15, -0.1) is 0 Å². The molecule has 19 heavy (non-hydrogen) atoms. The molecule has 1 aromatic carbocycles. The quantitative estimate of drug-likeness (QED) is 0.901. The van der Waals surface area contributed by atoms with Crippen LogP contribution in [0.1, 0.15) is 18.4 Å². The summed E-state index contributed by atoms with van der Waals surface area (Å²) < 4.78 is 5.15. The van der Waals surface area contributed by atoms with Gasteiger partial charge in [-0.25, -0.2) is 0 Å². The third-order valence-electron chi connectivity index (χ3n) is 3.90. The van der Waals surface area contributed by atoms with Crippen molar-refractivity contribution in [2.24, 2.45) is 0 Å². The summed E-state index contributed by atoms with van der Waals surface area (Å²) in [6, 6.07) is 6.19. The number of benzene rings is 1. The highest BCUT2D eigenvalue weighted by Crippen LogP contribution is 2.27. The smallest absolute Gasteiger partial charge is 0.160 e. The van der Waals surface area contributed by atoms with E-state index in [2.05, 4.69) is 23.9 Å². The Hall–Kier alpha value is -1.26. The van der Waals surface area contributed by atoms with Crippen molar-refractivity contribution in [3.8, 4) is 11.5 Å². The van der Waals surface area contributed by atoms with E-state index in [9.17, 15) is 5.11 Å². The Kier molecular flexibility index (Phi) is 4.66. The topological polar surface area (TPSA) is 35.9 Å². The first-order valence-electron chi connectivity index (χ1n) is 6.85. The first kappa shape index (κ1) is 14.2. The average Bonchev–Trinajstić information content (AvgIpc) is 2.41. The number of nitrogens with zero attached hydrogens (tertiary/aromatic N) is 2. The van der Waals surface area contributed by atoms with Crippen LogP contribution < -0.4 is 4.74 Å². The van der Waals surface area contributed by atoms with Crippen molar-refractivity contribution in [2.45, 2.75) is 25.4 Å². The van der Waals surface area contributed by atoms with Crippen LogP contribution in [0.15, 0.2) is 18.2 Å². The number of hydrogen-bond acceptors (Lipinski definition) is 4. The van der Waals surface area contributed by atoms with Crippen LogP contribution in [0.2, 0.25) is 0 Å². The summed E-state index contributed by atoms with van der Waals surface area (Å²) in [5.41, 5.74) is 1.17. The SMILES string of the molecule is COc1cc(CN(C)C2CCCN(C)C2)ccc1O. The minimum absolute atomic E-state index is 0.200. The van der Waals surface area contributed by atoms with Crippen LogP contribution >= 0.6 is 0 Å². The second kappa shape index (κ2) is 6.26. The number of methoxy groups -OCH3 is 1. The Labute approximate surface area is 115 Å². The van der Waals surface area contributed by atoms with Gasteiger partial charge in [-0.2, -0.15) is 0 Å². The highest BCUT2D eigenvalue weighted by molar-refractivity contribution is 5.41. The molecule has 1 N–H and O–H groups in total. The van der Waals surface area contributed by atoms with Gasteiger partial charge in [-0.3, -0.25) is 4.90 Å². The van der Waals surface area contributed by atoms with Gasteiger partial charge in [0.2, 0.25) is 0 Å². The van der Waals surface area contributed by atoms with E-state index in [0.717, 1.165) is 13.1 Å². The summed E-state index contributed by atoms with van der Waals surface area (Å²) in [4.78, 5) is 4.78. The molecule has 106 valence electrons. The molecule has 0 amide bonds. The minimum Gasteiger partial charge on any atom is -0.504 e. The number of likely N-dealkylation sites (tertiary alicyclic amines) is 1. The maximum Gasteiger partial charge on any atom is 0.160 e. The molecule has 1 saturated heterocycles. The molecule has 2 rings (SSSR count). The molecule has 4 heteroatoms. The van der Waals surface area contributed by atoms with E-state index >= 15 is 0 Å². The van der Waals surface area contributed by atoms with Crippen molar-refractivity contribution < 1.29 is 9.84 Å². The molecule has 1 atom stereocenters. The Morgan fingerprint density at radius 1 is 1.47 bits per heavy atom. The number of likely N-dealkylation sites (N-methyl/N-ethyl adjacent to an activating group) is 2. The van der Waals surface area contributed by atoms with Crippen molar-refractivity contribution in [3.63, 3.8) is 0 Å². The van der Waals surface area contributed by atoms with E-state index in [1.165, 1.54) is 24.9 Å². The predicted molar refractivity (Wildman–Crippen MR) is 76.6 cm³/mol. The van der Waals surface area contributed by atoms with Crippen molar-refractivity contribution in [1.82, 2.24) is 9.80 Å². The Balaban J connectivity index is 1.99. The van der Waals surface area contributed by atoms with E-state index < -0.39 is 0 Å². The summed E-state index contributed by atoms with van der Waals surface area (Å²) in [5, 5.41) is 9.61. The molecule has 0 radical (unpaired) electrons. The second-order valence-electron chi connectivity index (χ2n) is 5.48. The van der Waals surface area contributed by atoms with E-state index in [-0.39, 0.29) is 5.75 Å². The maximum atomic E-state index is 9.61. The zero-order valence-corrected chi connectivity index (χ0v) is 12.1. The lowest BCUT2D eigenvalue weighted by molar-refractivity contribution is 0.129. The Morgan fingerprint density at radius 2 is 2.26 bits per heavy atom. The molecular weight excluding hydrogens is 240 g/mol. The molecule has 0 bridgehead atoms. The fraction of sp³-hybridized carbons (Fsp3) is 0.600. The van der Waals surface area contributed by atoms with Gasteiger partial charge in [-0.1, -0.05) is 6.07 Å². The highest BCUT2D eigenvalue weighted by atomic mass is 16.5. The van der Waals surface area contributed by atoms with Gasteiger partial charge in [0.25, 0.3) is 0 Å². The molecule has 1 aliphatic heterocycles. The summed E-state index contributed by atoms with van der Waals surface area (Å²) >= 11 is 0. The van der Waals surface area contributed by atoms with E-state index in [1.807, 2.05) is 12.1 Å². The van der Waals surface area contributed by atoms with E-state index in [4.69, 9.17) is 4.74 Å². The molecule has 0 saturated carbocycles. The van der Waals surface area contributed by atoms with Gasteiger partial charge in [0.15, 0.2) is 11.5 Å². The van der Waals surface area contributed by atoms with Crippen LogP contribution in [0.5, 0.6) is 11.5 Å². The number of phenols is 1. The number of rotatable bonds is 4. The average molecular weight is 264 g/mol. The Morgan fingerprint density at radius 3 is 2.95 bits per heavy atom. The van der Waals surface area contributed by atoms with Gasteiger partial charge in [0.05, 0.1) is 7.11 Å². The van der Waals surface area contributed by atoms with Crippen LogP contribution in [-0.4, -0.2) is 55.2 Å². The normalized spacial score (nSPS) is 20.7. The van der Waals surface area contributed by atoms with Crippen LogP contribution in [-0.2, 0) is 6.54 Å². The van der Waals surface area contributed by atoms with Crippen LogP contribution in [0.4, 0.5) is 0 Å². The molecule has 1 heterocycles. The van der Waals surface area contributed by atoms with E-state index in [1.54, 1.807) is 13.2 Å².